The molecule has 3 unspecified atom stereocenters. The summed E-state index contributed by atoms with van der Waals surface area (Å²) in [6.07, 6.45) is 6.43. The van der Waals surface area contributed by atoms with Crippen molar-refractivity contribution in [3.05, 3.63) is 17.8 Å². The van der Waals surface area contributed by atoms with E-state index >= 15 is 0 Å². The van der Waals surface area contributed by atoms with Gasteiger partial charge in [-0.1, -0.05) is 13.8 Å². The number of nitrogens with one attached hydrogen (secondary N) is 1. The van der Waals surface area contributed by atoms with Gasteiger partial charge in [0.15, 0.2) is 0 Å². The second-order valence-corrected chi connectivity index (χ2v) is 6.53. The van der Waals surface area contributed by atoms with E-state index in [0.717, 1.165) is 36.9 Å². The van der Waals surface area contributed by atoms with Gasteiger partial charge in [0.1, 0.15) is 6.10 Å². The predicted molar refractivity (Wildman–Crippen MR) is 78.5 cm³/mol. The van der Waals surface area contributed by atoms with E-state index in [9.17, 15) is 0 Å². The zero-order valence-electron chi connectivity index (χ0n) is 12.5. The van der Waals surface area contributed by atoms with Crippen LogP contribution in [0.2, 0.25) is 0 Å². The van der Waals surface area contributed by atoms with E-state index < -0.39 is 0 Å². The fourth-order valence-corrected chi connectivity index (χ4v) is 2.82. The maximum atomic E-state index is 5.97. The lowest BCUT2D eigenvalue weighted by molar-refractivity contribution is 0.0954. The van der Waals surface area contributed by atoms with E-state index in [0.29, 0.717) is 18.0 Å². The molecule has 2 aliphatic rings. The lowest BCUT2D eigenvalue weighted by Gasteiger charge is -2.31. The molecule has 0 saturated heterocycles. The normalized spacial score (nSPS) is 30.2. The van der Waals surface area contributed by atoms with E-state index in [1.807, 2.05) is 12.1 Å². The van der Waals surface area contributed by atoms with Gasteiger partial charge in [-0.15, -0.1) is 5.10 Å². The van der Waals surface area contributed by atoms with Gasteiger partial charge in [0.05, 0.1) is 5.69 Å². The van der Waals surface area contributed by atoms with E-state index in [4.69, 9.17) is 4.74 Å². The van der Waals surface area contributed by atoms with Gasteiger partial charge in [-0.05, 0) is 50.0 Å². The zero-order valence-corrected chi connectivity index (χ0v) is 12.5. The van der Waals surface area contributed by atoms with Crippen molar-refractivity contribution < 1.29 is 4.74 Å². The first-order valence-electron chi connectivity index (χ1n) is 7.93. The second-order valence-electron chi connectivity index (χ2n) is 6.53. The summed E-state index contributed by atoms with van der Waals surface area (Å²) in [5, 5.41) is 11.9. The van der Waals surface area contributed by atoms with Crippen LogP contribution in [0.15, 0.2) is 12.1 Å². The van der Waals surface area contributed by atoms with Crippen molar-refractivity contribution in [2.75, 3.05) is 0 Å². The second kappa shape index (κ2) is 6.08. The number of hydrogen-bond acceptors (Lipinski definition) is 4. The molecule has 0 aromatic carbocycles. The Morgan fingerprint density at radius 3 is 2.60 bits per heavy atom. The van der Waals surface area contributed by atoms with Crippen LogP contribution < -0.4 is 10.1 Å². The van der Waals surface area contributed by atoms with Gasteiger partial charge in [0.25, 0.3) is 0 Å². The van der Waals surface area contributed by atoms with Crippen LogP contribution >= 0.6 is 0 Å². The Kier molecular flexibility index (Phi) is 4.20. The third-order valence-corrected chi connectivity index (χ3v) is 4.68. The molecule has 3 atom stereocenters. The first-order valence-corrected chi connectivity index (χ1v) is 7.93. The fraction of sp³-hybridized carbons (Fsp3) is 0.750. The predicted octanol–water partition coefficient (Wildman–Crippen LogP) is 2.93. The molecule has 1 heterocycles. The van der Waals surface area contributed by atoms with Crippen LogP contribution in [0.1, 0.15) is 51.6 Å². The Morgan fingerprint density at radius 2 is 1.95 bits per heavy atom. The Balaban J connectivity index is 1.49. The lowest BCUT2D eigenvalue weighted by Crippen LogP contribution is -2.29. The van der Waals surface area contributed by atoms with Crippen LogP contribution in [0, 0.1) is 11.8 Å². The summed E-state index contributed by atoms with van der Waals surface area (Å²) in [7, 11) is 0. The SMILES string of the molecule is CC1CCC(Oc2ccc(CNC3CC3)nn2)CC1C. The lowest BCUT2D eigenvalue weighted by atomic mass is 9.80. The summed E-state index contributed by atoms with van der Waals surface area (Å²) in [5.74, 6) is 2.23. The quantitative estimate of drug-likeness (QED) is 0.897. The molecular weight excluding hydrogens is 250 g/mol. The monoisotopic (exact) mass is 275 g/mol. The van der Waals surface area contributed by atoms with Crippen molar-refractivity contribution in [3.63, 3.8) is 0 Å². The average molecular weight is 275 g/mol. The van der Waals surface area contributed by atoms with E-state index in [2.05, 4.69) is 29.4 Å². The summed E-state index contributed by atoms with van der Waals surface area (Å²) in [6.45, 7) is 5.47. The number of rotatable bonds is 5. The summed E-state index contributed by atoms with van der Waals surface area (Å²) in [5.41, 5.74) is 0.995. The molecule has 1 aromatic rings. The first kappa shape index (κ1) is 13.8. The summed E-state index contributed by atoms with van der Waals surface area (Å²) in [6, 6.07) is 4.69. The third-order valence-electron chi connectivity index (χ3n) is 4.68. The van der Waals surface area contributed by atoms with E-state index in [1.165, 1.54) is 19.3 Å². The minimum Gasteiger partial charge on any atom is -0.473 e. The highest BCUT2D eigenvalue weighted by atomic mass is 16.5. The number of nitrogens with zero attached hydrogens (tertiary/aromatic N) is 2. The minimum atomic E-state index is 0.311. The first-order chi connectivity index (χ1) is 9.70. The van der Waals surface area contributed by atoms with Gasteiger partial charge >= 0.3 is 0 Å². The van der Waals surface area contributed by atoms with E-state index in [-0.39, 0.29) is 0 Å². The molecule has 4 nitrogen and oxygen atoms in total. The highest BCUT2D eigenvalue weighted by Gasteiger charge is 2.26. The maximum absolute atomic E-state index is 5.97. The summed E-state index contributed by atoms with van der Waals surface area (Å²) >= 11 is 0. The molecule has 0 spiro atoms. The van der Waals surface area contributed by atoms with Gasteiger partial charge in [0, 0.05) is 18.7 Å². The maximum Gasteiger partial charge on any atom is 0.233 e. The van der Waals surface area contributed by atoms with Crippen LogP contribution in [0.5, 0.6) is 5.88 Å². The molecule has 0 amide bonds. The molecule has 1 aromatic heterocycles. The Bertz CT molecular complexity index is 430. The van der Waals surface area contributed by atoms with E-state index in [1.54, 1.807) is 0 Å². The number of hydrogen-bond donors (Lipinski definition) is 1. The highest BCUT2D eigenvalue weighted by Crippen LogP contribution is 2.31. The Hall–Kier alpha value is -1.16. The number of aromatic nitrogens is 2. The molecule has 2 aliphatic carbocycles. The van der Waals surface area contributed by atoms with Gasteiger partial charge in [0.2, 0.25) is 5.88 Å². The van der Waals surface area contributed by atoms with Gasteiger partial charge < -0.3 is 10.1 Å². The van der Waals surface area contributed by atoms with Crippen molar-refractivity contribution in [2.24, 2.45) is 11.8 Å². The van der Waals surface area contributed by atoms with Gasteiger partial charge in [-0.3, -0.25) is 0 Å². The molecule has 0 aliphatic heterocycles. The topological polar surface area (TPSA) is 47.0 Å². The van der Waals surface area contributed by atoms with Crippen LogP contribution in [-0.2, 0) is 6.54 Å². The standard InChI is InChI=1S/C16H25N3O/c1-11-3-7-15(9-12(11)2)20-16-8-6-14(18-19-16)10-17-13-4-5-13/h6,8,11-13,15,17H,3-5,7,9-10H2,1-2H3. The molecule has 4 heteroatoms. The number of ether oxygens (including phenoxy) is 1. The van der Waals surface area contributed by atoms with Crippen LogP contribution in [0.3, 0.4) is 0 Å². The zero-order chi connectivity index (χ0) is 13.9. The van der Waals surface area contributed by atoms with Crippen molar-refractivity contribution in [2.45, 2.75) is 64.6 Å². The van der Waals surface area contributed by atoms with Crippen LogP contribution in [-0.4, -0.2) is 22.3 Å². The summed E-state index contributed by atoms with van der Waals surface area (Å²) in [4.78, 5) is 0. The highest BCUT2D eigenvalue weighted by molar-refractivity contribution is 5.12. The molecule has 1 N–H and O–H groups in total. The Morgan fingerprint density at radius 1 is 1.10 bits per heavy atom. The molecule has 110 valence electrons. The minimum absolute atomic E-state index is 0.311. The molecule has 2 saturated carbocycles. The Labute approximate surface area is 121 Å². The third kappa shape index (κ3) is 3.69. The van der Waals surface area contributed by atoms with Crippen molar-refractivity contribution in [1.29, 1.82) is 0 Å². The van der Waals surface area contributed by atoms with Crippen molar-refractivity contribution >= 4 is 0 Å². The van der Waals surface area contributed by atoms with Crippen molar-refractivity contribution in [3.8, 4) is 5.88 Å². The average Bonchev–Trinajstić information content (AvgIpc) is 3.26. The molecule has 0 bridgehead atoms. The molecule has 0 radical (unpaired) electrons. The van der Waals surface area contributed by atoms with Crippen molar-refractivity contribution in [1.82, 2.24) is 15.5 Å². The molecule has 2 fully saturated rings. The smallest absolute Gasteiger partial charge is 0.233 e. The largest absolute Gasteiger partial charge is 0.473 e. The van der Waals surface area contributed by atoms with Crippen LogP contribution in [0.4, 0.5) is 0 Å². The fourth-order valence-electron chi connectivity index (χ4n) is 2.82. The molecular formula is C16H25N3O. The molecule has 3 rings (SSSR count). The van der Waals surface area contributed by atoms with Gasteiger partial charge in [-0.25, -0.2) is 0 Å². The van der Waals surface area contributed by atoms with Gasteiger partial charge in [-0.2, -0.15) is 5.10 Å². The summed E-state index contributed by atoms with van der Waals surface area (Å²) < 4.78 is 5.97. The molecule has 20 heavy (non-hydrogen) atoms. The van der Waals surface area contributed by atoms with Crippen LogP contribution in [0.25, 0.3) is 0 Å².